The Balaban J connectivity index is 1.69. The molecule has 0 radical (unpaired) electrons. The molecule has 0 saturated heterocycles. The van der Waals surface area contributed by atoms with E-state index in [1.807, 2.05) is 25.1 Å². The molecular formula is C17H15ClN4O. The topological polar surface area (TPSA) is 69.8 Å². The number of amides is 1. The van der Waals surface area contributed by atoms with E-state index in [-0.39, 0.29) is 5.91 Å². The Morgan fingerprint density at radius 1 is 1.22 bits per heavy atom. The number of rotatable bonds is 2. The maximum Gasteiger partial charge on any atom is 0.257 e. The molecule has 0 atom stereocenters. The average Bonchev–Trinajstić information content (AvgIpc) is 3.10. The molecule has 0 saturated carbocycles. The number of carbonyl (C=O) groups is 1. The van der Waals surface area contributed by atoms with E-state index in [2.05, 4.69) is 20.6 Å². The molecule has 5 nitrogen and oxygen atoms in total. The fraction of sp³-hybridized carbons (Fsp3) is 0.176. The second-order valence-corrected chi connectivity index (χ2v) is 6.15. The van der Waals surface area contributed by atoms with E-state index in [0.717, 1.165) is 30.1 Å². The van der Waals surface area contributed by atoms with Crippen molar-refractivity contribution in [3.8, 4) is 0 Å². The van der Waals surface area contributed by atoms with Gasteiger partial charge in [0, 0.05) is 23.8 Å². The number of carbonyl (C=O) groups excluding carboxylic acids is 1. The zero-order valence-corrected chi connectivity index (χ0v) is 13.3. The lowest BCUT2D eigenvalue weighted by molar-refractivity contribution is 0.102. The van der Waals surface area contributed by atoms with Gasteiger partial charge in [0.25, 0.3) is 5.91 Å². The summed E-state index contributed by atoms with van der Waals surface area (Å²) in [5.74, 6) is 0.537. The molecule has 1 amide bonds. The van der Waals surface area contributed by atoms with Crippen LogP contribution in [-0.2, 0) is 13.1 Å². The zero-order valence-electron chi connectivity index (χ0n) is 12.5. The summed E-state index contributed by atoms with van der Waals surface area (Å²) in [6.07, 6.45) is 0. The van der Waals surface area contributed by atoms with E-state index in [9.17, 15) is 4.79 Å². The van der Waals surface area contributed by atoms with Gasteiger partial charge in [-0.15, -0.1) is 0 Å². The van der Waals surface area contributed by atoms with Crippen molar-refractivity contribution < 1.29 is 4.79 Å². The van der Waals surface area contributed by atoms with Crippen LogP contribution in [0.4, 0.5) is 5.69 Å². The van der Waals surface area contributed by atoms with Crippen molar-refractivity contribution in [3.63, 3.8) is 0 Å². The third-order valence-corrected chi connectivity index (χ3v) is 4.23. The van der Waals surface area contributed by atoms with Crippen molar-refractivity contribution in [2.75, 3.05) is 5.32 Å². The van der Waals surface area contributed by atoms with Gasteiger partial charge in [0.1, 0.15) is 11.3 Å². The molecule has 1 aliphatic rings. The summed E-state index contributed by atoms with van der Waals surface area (Å²) in [5.41, 5.74) is 5.13. The molecule has 0 bridgehead atoms. The van der Waals surface area contributed by atoms with E-state index < -0.39 is 0 Å². The highest BCUT2D eigenvalue weighted by Crippen LogP contribution is 2.25. The van der Waals surface area contributed by atoms with Crippen LogP contribution in [-0.4, -0.2) is 15.9 Å². The van der Waals surface area contributed by atoms with Crippen molar-refractivity contribution in [2.45, 2.75) is 20.0 Å². The molecule has 2 aromatic carbocycles. The highest BCUT2D eigenvalue weighted by atomic mass is 35.5. The number of aromatic amines is 1. The van der Waals surface area contributed by atoms with E-state index >= 15 is 0 Å². The quantitative estimate of drug-likeness (QED) is 0.676. The molecule has 1 aromatic heterocycles. The molecule has 0 unspecified atom stereocenters. The average molecular weight is 327 g/mol. The minimum absolute atomic E-state index is 0.213. The van der Waals surface area contributed by atoms with Gasteiger partial charge in [0.2, 0.25) is 0 Å². The highest BCUT2D eigenvalue weighted by molar-refractivity contribution is 6.32. The first kappa shape index (κ1) is 14.2. The van der Waals surface area contributed by atoms with Crippen LogP contribution in [0.2, 0.25) is 5.02 Å². The standard InChI is InChI=1S/C17H15ClN4O/c1-9-20-15-6-12(18)5-14(16(15)21-9)17(23)22-13-3-2-10-7-19-8-11(10)4-13/h2-6,19H,7-8H2,1H3,(H,20,21)(H,22,23). The van der Waals surface area contributed by atoms with Crippen LogP contribution < -0.4 is 10.6 Å². The van der Waals surface area contributed by atoms with Gasteiger partial charge < -0.3 is 15.6 Å². The van der Waals surface area contributed by atoms with Crippen LogP contribution in [0, 0.1) is 6.92 Å². The van der Waals surface area contributed by atoms with E-state index in [0.29, 0.717) is 16.1 Å². The molecule has 0 spiro atoms. The number of nitrogens with one attached hydrogen (secondary N) is 3. The van der Waals surface area contributed by atoms with Gasteiger partial charge in [-0.3, -0.25) is 4.79 Å². The summed E-state index contributed by atoms with van der Waals surface area (Å²) in [5, 5.41) is 6.73. The largest absolute Gasteiger partial charge is 0.342 e. The molecule has 3 aromatic rings. The third-order valence-electron chi connectivity index (χ3n) is 4.01. The molecule has 4 rings (SSSR count). The predicted octanol–water partition coefficient (Wildman–Crippen LogP) is 3.38. The van der Waals surface area contributed by atoms with Gasteiger partial charge in [-0.1, -0.05) is 17.7 Å². The molecule has 116 valence electrons. The van der Waals surface area contributed by atoms with Crippen molar-refractivity contribution >= 4 is 34.2 Å². The Bertz CT molecular complexity index is 932. The lowest BCUT2D eigenvalue weighted by Crippen LogP contribution is -2.12. The van der Waals surface area contributed by atoms with Crippen LogP contribution in [0.1, 0.15) is 27.3 Å². The zero-order chi connectivity index (χ0) is 16.0. The van der Waals surface area contributed by atoms with Crippen LogP contribution in [0.5, 0.6) is 0 Å². The molecule has 0 fully saturated rings. The second kappa shape index (κ2) is 5.37. The van der Waals surface area contributed by atoms with Crippen LogP contribution in [0.25, 0.3) is 11.0 Å². The first-order chi connectivity index (χ1) is 11.1. The van der Waals surface area contributed by atoms with Gasteiger partial charge in [-0.2, -0.15) is 0 Å². The molecular weight excluding hydrogens is 312 g/mol. The summed E-state index contributed by atoms with van der Waals surface area (Å²) in [6, 6.07) is 9.38. The summed E-state index contributed by atoms with van der Waals surface area (Å²) in [6.45, 7) is 3.56. The fourth-order valence-electron chi connectivity index (χ4n) is 2.95. The summed E-state index contributed by atoms with van der Waals surface area (Å²) < 4.78 is 0. The van der Waals surface area contributed by atoms with Crippen molar-refractivity contribution in [2.24, 2.45) is 0 Å². The maximum atomic E-state index is 12.7. The van der Waals surface area contributed by atoms with Crippen molar-refractivity contribution in [3.05, 3.63) is 57.9 Å². The summed E-state index contributed by atoms with van der Waals surface area (Å²) in [4.78, 5) is 20.1. The molecule has 1 aliphatic heterocycles. The van der Waals surface area contributed by atoms with Crippen LogP contribution >= 0.6 is 11.6 Å². The molecule has 3 N–H and O–H groups in total. The van der Waals surface area contributed by atoms with Crippen molar-refractivity contribution in [1.82, 2.24) is 15.3 Å². The normalized spacial score (nSPS) is 13.3. The smallest absolute Gasteiger partial charge is 0.257 e. The SMILES string of the molecule is Cc1nc2c(C(=O)Nc3ccc4c(c3)CNC4)cc(Cl)cc2[nH]1. The Hall–Kier alpha value is -2.37. The number of fused-ring (bicyclic) bond motifs is 2. The predicted molar refractivity (Wildman–Crippen MR) is 90.8 cm³/mol. The van der Waals surface area contributed by atoms with Crippen LogP contribution in [0.3, 0.4) is 0 Å². The Labute approximate surface area is 138 Å². The first-order valence-electron chi connectivity index (χ1n) is 7.40. The van der Waals surface area contributed by atoms with Gasteiger partial charge in [-0.05, 0) is 42.3 Å². The number of anilines is 1. The number of halogens is 1. The van der Waals surface area contributed by atoms with E-state index in [1.165, 1.54) is 11.1 Å². The Kier molecular flexibility index (Phi) is 3.32. The molecule has 23 heavy (non-hydrogen) atoms. The number of aryl methyl sites for hydroxylation is 1. The van der Waals surface area contributed by atoms with Gasteiger partial charge >= 0.3 is 0 Å². The number of hydrogen-bond donors (Lipinski definition) is 3. The monoisotopic (exact) mass is 326 g/mol. The van der Waals surface area contributed by atoms with Gasteiger partial charge in [0.15, 0.2) is 0 Å². The lowest BCUT2D eigenvalue weighted by atomic mass is 10.1. The minimum Gasteiger partial charge on any atom is -0.342 e. The lowest BCUT2D eigenvalue weighted by Gasteiger charge is -2.08. The van der Waals surface area contributed by atoms with Gasteiger partial charge in [0.05, 0.1) is 11.1 Å². The molecule has 0 aliphatic carbocycles. The van der Waals surface area contributed by atoms with E-state index in [1.54, 1.807) is 12.1 Å². The maximum absolute atomic E-state index is 12.7. The van der Waals surface area contributed by atoms with Crippen molar-refractivity contribution in [1.29, 1.82) is 0 Å². The Morgan fingerprint density at radius 2 is 2.04 bits per heavy atom. The number of imidazole rings is 1. The highest BCUT2D eigenvalue weighted by Gasteiger charge is 2.16. The second-order valence-electron chi connectivity index (χ2n) is 5.71. The summed E-state index contributed by atoms with van der Waals surface area (Å²) in [7, 11) is 0. The Morgan fingerprint density at radius 3 is 2.91 bits per heavy atom. The minimum atomic E-state index is -0.213. The number of H-pyrrole nitrogens is 1. The van der Waals surface area contributed by atoms with Gasteiger partial charge in [-0.25, -0.2) is 4.98 Å². The fourth-order valence-corrected chi connectivity index (χ4v) is 3.17. The number of benzene rings is 2. The van der Waals surface area contributed by atoms with E-state index in [4.69, 9.17) is 11.6 Å². The number of nitrogens with zero attached hydrogens (tertiary/aromatic N) is 1. The number of hydrogen-bond acceptors (Lipinski definition) is 3. The molecule has 2 heterocycles. The number of aromatic nitrogens is 2. The first-order valence-corrected chi connectivity index (χ1v) is 7.78. The summed E-state index contributed by atoms with van der Waals surface area (Å²) >= 11 is 6.12. The van der Waals surface area contributed by atoms with Crippen LogP contribution in [0.15, 0.2) is 30.3 Å². The molecule has 6 heteroatoms. The third kappa shape index (κ3) is 2.58.